The van der Waals surface area contributed by atoms with Gasteiger partial charge in [-0.2, -0.15) is 4.98 Å². The monoisotopic (exact) mass is 312 g/mol. The van der Waals surface area contributed by atoms with E-state index in [-0.39, 0.29) is 11.1 Å². The van der Waals surface area contributed by atoms with Gasteiger partial charge in [0.05, 0.1) is 5.25 Å². The zero-order valence-corrected chi connectivity index (χ0v) is 12.7. The van der Waals surface area contributed by atoms with E-state index >= 15 is 0 Å². The molecule has 4 rings (SSSR count). The van der Waals surface area contributed by atoms with Gasteiger partial charge >= 0.3 is 0 Å². The van der Waals surface area contributed by atoms with E-state index in [2.05, 4.69) is 22.3 Å². The number of thioether (sulfide) groups is 1. The minimum Gasteiger partial charge on any atom is -0.338 e. The molecule has 0 spiro atoms. The number of aromatic nitrogens is 2. The number of hydrogen-bond donors (Lipinski definition) is 0. The number of aryl methyl sites for hydroxylation is 1. The average Bonchev–Trinajstić information content (AvgIpc) is 3.15. The van der Waals surface area contributed by atoms with Gasteiger partial charge in [-0.3, -0.25) is 0 Å². The molecule has 0 bridgehead atoms. The van der Waals surface area contributed by atoms with Crippen LogP contribution in [0, 0.1) is 12.7 Å². The van der Waals surface area contributed by atoms with Gasteiger partial charge in [-0.1, -0.05) is 35.5 Å². The van der Waals surface area contributed by atoms with E-state index in [4.69, 9.17) is 4.52 Å². The van der Waals surface area contributed by atoms with Crippen LogP contribution in [0.2, 0.25) is 0 Å². The molecule has 0 saturated heterocycles. The van der Waals surface area contributed by atoms with Gasteiger partial charge in [-0.15, -0.1) is 11.8 Å². The zero-order chi connectivity index (χ0) is 15.1. The Morgan fingerprint density at radius 3 is 2.91 bits per heavy atom. The molecular weight excluding hydrogens is 299 g/mol. The van der Waals surface area contributed by atoms with Crippen LogP contribution in [0.1, 0.15) is 22.3 Å². The first-order valence-corrected chi connectivity index (χ1v) is 7.93. The second-order valence-corrected chi connectivity index (χ2v) is 6.58. The molecular formula is C17H13FN2OS. The first kappa shape index (κ1) is 13.5. The second-order valence-electron chi connectivity index (χ2n) is 5.34. The van der Waals surface area contributed by atoms with E-state index < -0.39 is 0 Å². The summed E-state index contributed by atoms with van der Waals surface area (Å²) in [5, 5.41) is 4.13. The number of fused-ring (bicyclic) bond motifs is 1. The molecule has 5 heteroatoms. The molecule has 1 aliphatic heterocycles. The molecule has 0 amide bonds. The van der Waals surface area contributed by atoms with Crippen molar-refractivity contribution in [3.8, 4) is 11.4 Å². The third-order valence-corrected chi connectivity index (χ3v) is 5.10. The van der Waals surface area contributed by atoms with Gasteiger partial charge in [0, 0.05) is 10.5 Å². The molecule has 1 aromatic heterocycles. The van der Waals surface area contributed by atoms with Gasteiger partial charge in [0.25, 0.3) is 0 Å². The first-order chi connectivity index (χ1) is 10.7. The Bertz CT molecular complexity index is 821. The Labute approximate surface area is 131 Å². The second kappa shape index (κ2) is 5.25. The van der Waals surface area contributed by atoms with Gasteiger partial charge in [0.2, 0.25) is 11.7 Å². The number of nitrogens with zero attached hydrogens (tertiary/aromatic N) is 2. The summed E-state index contributed by atoms with van der Waals surface area (Å²) in [6.07, 6.45) is 0.880. The molecule has 0 fully saturated rings. The summed E-state index contributed by atoms with van der Waals surface area (Å²) in [6.45, 7) is 1.73. The predicted octanol–water partition coefficient (Wildman–Crippen LogP) is 4.57. The third kappa shape index (κ3) is 2.31. The lowest BCUT2D eigenvalue weighted by atomic mass is 10.1. The third-order valence-electron chi connectivity index (χ3n) is 3.79. The summed E-state index contributed by atoms with van der Waals surface area (Å²) in [5.74, 6) is 0.772. The fourth-order valence-electron chi connectivity index (χ4n) is 2.54. The Balaban J connectivity index is 1.61. The molecule has 0 saturated carbocycles. The summed E-state index contributed by atoms with van der Waals surface area (Å²) in [6, 6.07) is 13.3. The van der Waals surface area contributed by atoms with Gasteiger partial charge in [0.1, 0.15) is 5.82 Å². The fraction of sp³-hybridized carbons (Fsp3) is 0.176. The van der Waals surface area contributed by atoms with E-state index in [0.29, 0.717) is 22.8 Å². The molecule has 0 radical (unpaired) electrons. The van der Waals surface area contributed by atoms with Gasteiger partial charge in [0.15, 0.2) is 0 Å². The Morgan fingerprint density at radius 1 is 1.23 bits per heavy atom. The van der Waals surface area contributed by atoms with Crippen molar-refractivity contribution in [3.63, 3.8) is 0 Å². The van der Waals surface area contributed by atoms with Crippen molar-refractivity contribution in [2.24, 2.45) is 0 Å². The zero-order valence-electron chi connectivity index (χ0n) is 11.9. The summed E-state index contributed by atoms with van der Waals surface area (Å²) in [4.78, 5) is 5.71. The lowest BCUT2D eigenvalue weighted by Gasteiger charge is -2.00. The summed E-state index contributed by atoms with van der Waals surface area (Å²) >= 11 is 1.73. The van der Waals surface area contributed by atoms with Crippen molar-refractivity contribution in [1.29, 1.82) is 0 Å². The topological polar surface area (TPSA) is 38.9 Å². The maximum absolute atomic E-state index is 13.7. The molecule has 3 nitrogen and oxygen atoms in total. The molecule has 1 atom stereocenters. The Kier molecular flexibility index (Phi) is 3.22. The maximum atomic E-state index is 13.7. The smallest absolute Gasteiger partial charge is 0.240 e. The predicted molar refractivity (Wildman–Crippen MR) is 83.2 cm³/mol. The van der Waals surface area contributed by atoms with E-state index in [1.807, 2.05) is 18.2 Å². The highest BCUT2D eigenvalue weighted by Crippen LogP contribution is 2.45. The van der Waals surface area contributed by atoms with Crippen molar-refractivity contribution >= 4 is 11.8 Å². The number of halogens is 1. The Morgan fingerprint density at radius 2 is 2.09 bits per heavy atom. The van der Waals surface area contributed by atoms with Crippen LogP contribution in [-0.2, 0) is 6.42 Å². The van der Waals surface area contributed by atoms with Crippen molar-refractivity contribution in [2.45, 2.75) is 23.5 Å². The summed E-state index contributed by atoms with van der Waals surface area (Å²) < 4.78 is 19.1. The molecule has 110 valence electrons. The Hall–Kier alpha value is -2.14. The van der Waals surface area contributed by atoms with Crippen LogP contribution in [0.3, 0.4) is 0 Å². The van der Waals surface area contributed by atoms with Crippen LogP contribution in [-0.4, -0.2) is 10.1 Å². The molecule has 0 N–H and O–H groups in total. The molecule has 3 aromatic rings. The normalized spacial score (nSPS) is 16.7. The van der Waals surface area contributed by atoms with Crippen molar-refractivity contribution in [3.05, 3.63) is 65.3 Å². The van der Waals surface area contributed by atoms with Crippen LogP contribution < -0.4 is 0 Å². The van der Waals surface area contributed by atoms with Gasteiger partial charge < -0.3 is 4.52 Å². The highest BCUT2D eigenvalue weighted by molar-refractivity contribution is 7.99. The molecule has 2 aromatic carbocycles. The van der Waals surface area contributed by atoms with Gasteiger partial charge in [-0.05, 0) is 36.6 Å². The minimum absolute atomic E-state index is 0.133. The number of hydrogen-bond acceptors (Lipinski definition) is 4. The maximum Gasteiger partial charge on any atom is 0.240 e. The fourth-order valence-corrected chi connectivity index (χ4v) is 3.76. The number of rotatable bonds is 2. The van der Waals surface area contributed by atoms with E-state index in [1.54, 1.807) is 24.8 Å². The standard InChI is InChI=1S/C17H13FN2OS/c1-10-6-7-12(8-13(10)18)16-19-17(21-20-16)15-9-11-4-2-3-5-14(11)22-15/h2-8,15H,9H2,1H3. The van der Waals surface area contributed by atoms with Gasteiger partial charge in [-0.25, -0.2) is 4.39 Å². The number of benzene rings is 2. The van der Waals surface area contributed by atoms with E-state index in [9.17, 15) is 4.39 Å². The summed E-state index contributed by atoms with van der Waals surface area (Å²) in [5.41, 5.74) is 2.55. The lowest BCUT2D eigenvalue weighted by molar-refractivity contribution is 0.377. The molecule has 22 heavy (non-hydrogen) atoms. The largest absolute Gasteiger partial charge is 0.338 e. The van der Waals surface area contributed by atoms with Crippen LogP contribution in [0.15, 0.2) is 51.9 Å². The quantitative estimate of drug-likeness (QED) is 0.694. The lowest BCUT2D eigenvalue weighted by Crippen LogP contribution is -1.93. The van der Waals surface area contributed by atoms with Crippen molar-refractivity contribution in [1.82, 2.24) is 10.1 Å². The summed E-state index contributed by atoms with van der Waals surface area (Å²) in [7, 11) is 0. The molecule has 0 aliphatic carbocycles. The van der Waals surface area contributed by atoms with E-state index in [1.165, 1.54) is 16.5 Å². The van der Waals surface area contributed by atoms with Crippen molar-refractivity contribution in [2.75, 3.05) is 0 Å². The first-order valence-electron chi connectivity index (χ1n) is 7.05. The average molecular weight is 312 g/mol. The van der Waals surface area contributed by atoms with Crippen molar-refractivity contribution < 1.29 is 8.91 Å². The molecule has 1 aliphatic rings. The van der Waals surface area contributed by atoms with E-state index in [0.717, 1.165) is 6.42 Å². The highest BCUT2D eigenvalue weighted by atomic mass is 32.2. The molecule has 2 heterocycles. The van der Waals surface area contributed by atoms with Crippen LogP contribution >= 0.6 is 11.8 Å². The molecule has 1 unspecified atom stereocenters. The minimum atomic E-state index is -0.258. The van der Waals surface area contributed by atoms with Crippen LogP contribution in [0.4, 0.5) is 4.39 Å². The SMILES string of the molecule is Cc1ccc(-c2noc(C3Cc4ccccc4S3)n2)cc1F. The van der Waals surface area contributed by atoms with Crippen LogP contribution in [0.25, 0.3) is 11.4 Å². The highest BCUT2D eigenvalue weighted by Gasteiger charge is 2.28. The van der Waals surface area contributed by atoms with Crippen LogP contribution in [0.5, 0.6) is 0 Å².